The second-order valence-corrected chi connectivity index (χ2v) is 9.36. The SMILES string of the molecule is CCCCNc1cc(CNC(C)C)cc(S(N)(=O)=O)c1Sc1ccccc1. The first-order valence-corrected chi connectivity index (χ1v) is 11.6. The highest BCUT2D eigenvalue weighted by atomic mass is 32.2. The Kier molecular flexibility index (Phi) is 8.16. The van der Waals surface area contributed by atoms with Gasteiger partial charge in [-0.2, -0.15) is 0 Å². The van der Waals surface area contributed by atoms with Crippen LogP contribution in [0.15, 0.2) is 57.2 Å². The second kappa shape index (κ2) is 10.1. The minimum absolute atomic E-state index is 0.165. The number of nitrogens with two attached hydrogens (primary N) is 1. The van der Waals surface area contributed by atoms with Gasteiger partial charge in [-0.15, -0.1) is 0 Å². The minimum Gasteiger partial charge on any atom is -0.384 e. The fourth-order valence-electron chi connectivity index (χ4n) is 2.54. The van der Waals surface area contributed by atoms with E-state index in [-0.39, 0.29) is 4.90 Å². The quantitative estimate of drug-likeness (QED) is 0.514. The first-order valence-electron chi connectivity index (χ1n) is 9.21. The Labute approximate surface area is 167 Å². The van der Waals surface area contributed by atoms with E-state index in [0.717, 1.165) is 35.5 Å². The molecule has 0 atom stereocenters. The summed E-state index contributed by atoms with van der Waals surface area (Å²) in [7, 11) is -3.86. The molecule has 7 heteroatoms. The normalized spacial score (nSPS) is 11.7. The van der Waals surface area contributed by atoms with E-state index in [1.807, 2.05) is 36.4 Å². The van der Waals surface area contributed by atoms with Gasteiger partial charge in [0.15, 0.2) is 0 Å². The number of unbranched alkanes of at least 4 members (excludes halogenated alkanes) is 1. The first-order chi connectivity index (χ1) is 12.8. The average Bonchev–Trinajstić information content (AvgIpc) is 2.61. The van der Waals surface area contributed by atoms with Gasteiger partial charge in [0.25, 0.3) is 0 Å². The molecule has 4 N–H and O–H groups in total. The van der Waals surface area contributed by atoms with Crippen LogP contribution in [0.2, 0.25) is 0 Å². The van der Waals surface area contributed by atoms with E-state index in [1.165, 1.54) is 11.8 Å². The summed E-state index contributed by atoms with van der Waals surface area (Å²) < 4.78 is 24.7. The second-order valence-electron chi connectivity index (χ2n) is 6.75. The maximum absolute atomic E-state index is 12.3. The van der Waals surface area contributed by atoms with Gasteiger partial charge in [0.2, 0.25) is 10.0 Å². The highest BCUT2D eigenvalue weighted by Crippen LogP contribution is 2.39. The maximum atomic E-state index is 12.3. The molecule has 0 saturated carbocycles. The molecule has 27 heavy (non-hydrogen) atoms. The standard InChI is InChI=1S/C20H29N3O2S2/c1-4-5-11-22-18-12-16(14-23-15(2)3)13-19(27(21,24)25)20(18)26-17-9-7-6-8-10-17/h6-10,12-13,15,22-23H,4-5,11,14H2,1-3H3,(H2,21,24,25). The molecule has 2 aromatic rings. The van der Waals surface area contributed by atoms with Crippen molar-refractivity contribution in [3.05, 3.63) is 48.0 Å². The minimum atomic E-state index is -3.86. The average molecular weight is 408 g/mol. The molecule has 0 unspecified atom stereocenters. The largest absolute Gasteiger partial charge is 0.384 e. The van der Waals surface area contributed by atoms with Crippen molar-refractivity contribution in [3.63, 3.8) is 0 Å². The lowest BCUT2D eigenvalue weighted by molar-refractivity contribution is 0.585. The van der Waals surface area contributed by atoms with E-state index in [9.17, 15) is 8.42 Å². The Bertz CT molecular complexity index is 838. The predicted octanol–water partition coefficient (Wildman–Crippen LogP) is 4.20. The molecule has 0 aliphatic heterocycles. The van der Waals surface area contributed by atoms with Crippen LogP contribution in [0.5, 0.6) is 0 Å². The van der Waals surface area contributed by atoms with E-state index in [4.69, 9.17) is 5.14 Å². The van der Waals surface area contributed by atoms with Crippen LogP contribution in [0.25, 0.3) is 0 Å². The Morgan fingerprint density at radius 1 is 1.15 bits per heavy atom. The van der Waals surface area contributed by atoms with Gasteiger partial charge in [-0.05, 0) is 36.2 Å². The number of hydrogen-bond donors (Lipinski definition) is 3. The maximum Gasteiger partial charge on any atom is 0.239 e. The van der Waals surface area contributed by atoms with Gasteiger partial charge in [0, 0.05) is 29.7 Å². The third kappa shape index (κ3) is 6.84. The number of rotatable bonds is 10. The van der Waals surface area contributed by atoms with Crippen molar-refractivity contribution < 1.29 is 8.42 Å². The van der Waals surface area contributed by atoms with E-state index in [1.54, 1.807) is 6.07 Å². The van der Waals surface area contributed by atoms with E-state index in [0.29, 0.717) is 17.5 Å². The summed E-state index contributed by atoms with van der Waals surface area (Å²) in [6.07, 6.45) is 2.07. The zero-order valence-electron chi connectivity index (χ0n) is 16.2. The van der Waals surface area contributed by atoms with E-state index >= 15 is 0 Å². The van der Waals surface area contributed by atoms with Crippen LogP contribution in [0.3, 0.4) is 0 Å². The molecule has 2 aromatic carbocycles. The Morgan fingerprint density at radius 2 is 1.85 bits per heavy atom. The molecule has 0 amide bonds. The fourth-order valence-corrected chi connectivity index (χ4v) is 4.62. The summed E-state index contributed by atoms with van der Waals surface area (Å²) in [5.41, 5.74) is 1.70. The smallest absolute Gasteiger partial charge is 0.239 e. The molecule has 0 aromatic heterocycles. The van der Waals surface area contributed by atoms with Crippen molar-refractivity contribution in [2.75, 3.05) is 11.9 Å². The summed E-state index contributed by atoms with van der Waals surface area (Å²) >= 11 is 1.42. The van der Waals surface area contributed by atoms with Crippen molar-refractivity contribution in [2.24, 2.45) is 5.14 Å². The number of hydrogen-bond acceptors (Lipinski definition) is 5. The van der Waals surface area contributed by atoms with Crippen LogP contribution in [0.4, 0.5) is 5.69 Å². The molecule has 0 saturated heterocycles. The van der Waals surface area contributed by atoms with Gasteiger partial charge in [0.05, 0.1) is 9.79 Å². The summed E-state index contributed by atoms with van der Waals surface area (Å²) in [4.78, 5) is 1.78. The van der Waals surface area contributed by atoms with Gasteiger partial charge in [-0.3, -0.25) is 0 Å². The third-order valence-corrected chi connectivity index (χ3v) is 6.16. The van der Waals surface area contributed by atoms with Gasteiger partial charge in [0.1, 0.15) is 0 Å². The lowest BCUT2D eigenvalue weighted by Crippen LogP contribution is -2.22. The monoisotopic (exact) mass is 407 g/mol. The summed E-state index contributed by atoms with van der Waals surface area (Å²) in [5, 5.41) is 12.3. The van der Waals surface area contributed by atoms with Crippen LogP contribution in [0.1, 0.15) is 39.2 Å². The van der Waals surface area contributed by atoms with Crippen LogP contribution in [-0.2, 0) is 16.6 Å². The van der Waals surface area contributed by atoms with Gasteiger partial charge in [-0.25, -0.2) is 13.6 Å². The number of nitrogens with one attached hydrogen (secondary N) is 2. The zero-order chi connectivity index (χ0) is 19.9. The Hall–Kier alpha value is -1.54. The Balaban J connectivity index is 2.50. The lowest BCUT2D eigenvalue weighted by atomic mass is 10.2. The molecule has 5 nitrogen and oxygen atoms in total. The fraction of sp³-hybridized carbons (Fsp3) is 0.400. The number of benzene rings is 2. The molecule has 148 valence electrons. The molecule has 0 heterocycles. The summed E-state index contributed by atoms with van der Waals surface area (Å²) in [6.45, 7) is 7.60. The predicted molar refractivity (Wildman–Crippen MR) is 114 cm³/mol. The van der Waals surface area contributed by atoms with Crippen molar-refractivity contribution in [2.45, 2.75) is 60.9 Å². The molecule has 0 fully saturated rings. The van der Waals surface area contributed by atoms with Gasteiger partial charge in [-0.1, -0.05) is 57.2 Å². The van der Waals surface area contributed by atoms with Crippen molar-refractivity contribution in [3.8, 4) is 0 Å². The molecule has 0 radical (unpaired) electrons. The number of sulfonamides is 1. The molecule has 2 rings (SSSR count). The third-order valence-electron chi connectivity index (χ3n) is 3.94. The lowest BCUT2D eigenvalue weighted by Gasteiger charge is -2.18. The molecule has 0 bridgehead atoms. The molecule has 0 aliphatic carbocycles. The Morgan fingerprint density at radius 3 is 2.44 bits per heavy atom. The molecular weight excluding hydrogens is 378 g/mol. The summed E-state index contributed by atoms with van der Waals surface area (Å²) in [5.74, 6) is 0. The van der Waals surface area contributed by atoms with Crippen molar-refractivity contribution >= 4 is 27.5 Å². The zero-order valence-corrected chi connectivity index (χ0v) is 17.8. The van der Waals surface area contributed by atoms with Gasteiger partial charge < -0.3 is 10.6 Å². The van der Waals surface area contributed by atoms with Gasteiger partial charge >= 0.3 is 0 Å². The summed E-state index contributed by atoms with van der Waals surface area (Å²) in [6, 6.07) is 13.7. The highest BCUT2D eigenvalue weighted by Gasteiger charge is 2.20. The molecule has 0 spiro atoms. The number of primary sulfonamides is 1. The van der Waals surface area contributed by atoms with Crippen molar-refractivity contribution in [1.29, 1.82) is 0 Å². The molecule has 0 aliphatic rings. The number of anilines is 1. The van der Waals surface area contributed by atoms with Crippen LogP contribution < -0.4 is 15.8 Å². The van der Waals surface area contributed by atoms with Crippen LogP contribution in [-0.4, -0.2) is 21.0 Å². The van der Waals surface area contributed by atoms with E-state index < -0.39 is 10.0 Å². The van der Waals surface area contributed by atoms with Crippen LogP contribution in [0, 0.1) is 0 Å². The molecular formula is C20H29N3O2S2. The first kappa shape index (κ1) is 21.8. The topological polar surface area (TPSA) is 84.2 Å². The van der Waals surface area contributed by atoms with E-state index in [2.05, 4.69) is 31.4 Å². The van der Waals surface area contributed by atoms with Crippen LogP contribution >= 0.6 is 11.8 Å². The highest BCUT2D eigenvalue weighted by molar-refractivity contribution is 8.00. The van der Waals surface area contributed by atoms with Crippen molar-refractivity contribution in [1.82, 2.24) is 5.32 Å².